The molecular weight excluding hydrogens is 412 g/mol. The molecule has 0 N–H and O–H groups in total. The summed E-state index contributed by atoms with van der Waals surface area (Å²) in [6.07, 6.45) is 4.88. The molecule has 4 nitrogen and oxygen atoms in total. The van der Waals surface area contributed by atoms with E-state index in [9.17, 15) is 8.42 Å². The lowest BCUT2D eigenvalue weighted by atomic mass is 9.99. The highest BCUT2D eigenvalue weighted by Crippen LogP contribution is 2.34. The molecule has 1 aromatic heterocycles. The molecule has 0 saturated heterocycles. The van der Waals surface area contributed by atoms with Crippen LogP contribution < -0.4 is 0 Å². The van der Waals surface area contributed by atoms with Crippen LogP contribution in [-0.4, -0.2) is 37.4 Å². The lowest BCUT2D eigenvalue weighted by Crippen LogP contribution is -2.23. The highest BCUT2D eigenvalue weighted by Gasteiger charge is 2.23. The van der Waals surface area contributed by atoms with Crippen LogP contribution in [0.4, 0.5) is 0 Å². The number of likely N-dealkylation sites (N-methyl/N-ethyl adjacent to an activating group) is 1. The van der Waals surface area contributed by atoms with E-state index in [0.717, 1.165) is 34.9 Å². The fourth-order valence-electron chi connectivity index (χ4n) is 3.35. The maximum absolute atomic E-state index is 13.2. The fraction of sp³-hybridized carbons (Fsp3) is 0.200. The number of rotatable bonds is 3. The zero-order chi connectivity index (χ0) is 18.3. The van der Waals surface area contributed by atoms with Crippen molar-refractivity contribution in [3.8, 4) is 0 Å². The van der Waals surface area contributed by atoms with Crippen LogP contribution in [0.15, 0.2) is 70.2 Å². The lowest BCUT2D eigenvalue weighted by Gasteiger charge is -2.21. The number of halogens is 1. The molecule has 134 valence electrons. The molecule has 1 aliphatic rings. The molecule has 4 rings (SSSR count). The monoisotopic (exact) mass is 430 g/mol. The highest BCUT2D eigenvalue weighted by atomic mass is 79.9. The highest BCUT2D eigenvalue weighted by molar-refractivity contribution is 9.10. The molecule has 3 aromatic rings. The number of hydrogen-bond acceptors (Lipinski definition) is 3. The Morgan fingerprint density at radius 1 is 1.08 bits per heavy atom. The van der Waals surface area contributed by atoms with Crippen LogP contribution in [0.5, 0.6) is 0 Å². The summed E-state index contributed by atoms with van der Waals surface area (Å²) in [4.78, 5) is 2.54. The van der Waals surface area contributed by atoms with Crippen molar-refractivity contribution >= 4 is 42.4 Å². The molecule has 0 aliphatic carbocycles. The van der Waals surface area contributed by atoms with Crippen molar-refractivity contribution in [2.75, 3.05) is 20.1 Å². The summed E-state index contributed by atoms with van der Waals surface area (Å²) in [5.74, 6) is 0. The van der Waals surface area contributed by atoms with Gasteiger partial charge in [0, 0.05) is 34.7 Å². The summed E-state index contributed by atoms with van der Waals surface area (Å²) in [7, 11) is -1.56. The van der Waals surface area contributed by atoms with Crippen molar-refractivity contribution in [2.45, 2.75) is 11.3 Å². The zero-order valence-corrected chi connectivity index (χ0v) is 16.8. The largest absolute Gasteiger partial charge is 0.302 e. The molecule has 0 radical (unpaired) electrons. The first-order chi connectivity index (χ1) is 12.5. The Morgan fingerprint density at radius 3 is 2.54 bits per heavy atom. The first-order valence-electron chi connectivity index (χ1n) is 8.46. The molecule has 0 bridgehead atoms. The van der Waals surface area contributed by atoms with Crippen molar-refractivity contribution in [2.24, 2.45) is 0 Å². The summed E-state index contributed by atoms with van der Waals surface area (Å²) in [6, 6.07) is 14.4. The average molecular weight is 431 g/mol. The number of nitrogens with zero attached hydrogens (tertiary/aromatic N) is 2. The molecule has 2 aromatic carbocycles. The van der Waals surface area contributed by atoms with E-state index in [1.807, 2.05) is 24.3 Å². The third-order valence-corrected chi connectivity index (χ3v) is 6.97. The Bertz CT molecular complexity index is 1100. The van der Waals surface area contributed by atoms with E-state index in [-0.39, 0.29) is 0 Å². The molecule has 0 atom stereocenters. The van der Waals surface area contributed by atoms with Crippen molar-refractivity contribution in [3.05, 3.63) is 70.8 Å². The number of hydrogen-bond donors (Lipinski definition) is 0. The first kappa shape index (κ1) is 17.5. The number of fused-ring (bicyclic) bond motifs is 1. The van der Waals surface area contributed by atoms with E-state index in [0.29, 0.717) is 10.4 Å². The summed E-state index contributed by atoms with van der Waals surface area (Å²) in [6.45, 7) is 1.85. The van der Waals surface area contributed by atoms with Gasteiger partial charge in [-0.05, 0) is 43.3 Å². The van der Waals surface area contributed by atoms with Crippen LogP contribution in [0, 0.1) is 0 Å². The maximum atomic E-state index is 13.2. The Kier molecular flexibility index (Phi) is 4.50. The smallest absolute Gasteiger partial charge is 0.268 e. The second-order valence-corrected chi connectivity index (χ2v) is 9.29. The van der Waals surface area contributed by atoms with Crippen LogP contribution in [0.3, 0.4) is 0 Å². The van der Waals surface area contributed by atoms with Gasteiger partial charge in [-0.2, -0.15) is 0 Å². The number of aromatic nitrogens is 1. The van der Waals surface area contributed by atoms with E-state index in [1.165, 1.54) is 9.55 Å². The van der Waals surface area contributed by atoms with Gasteiger partial charge < -0.3 is 4.90 Å². The van der Waals surface area contributed by atoms with Crippen LogP contribution >= 0.6 is 15.9 Å². The van der Waals surface area contributed by atoms with E-state index in [4.69, 9.17) is 0 Å². The predicted octanol–water partition coefficient (Wildman–Crippen LogP) is 4.36. The average Bonchev–Trinajstić information content (AvgIpc) is 3.02. The van der Waals surface area contributed by atoms with Gasteiger partial charge in [0.05, 0.1) is 10.4 Å². The summed E-state index contributed by atoms with van der Waals surface area (Å²) in [5.41, 5.74) is 2.90. The van der Waals surface area contributed by atoms with Crippen LogP contribution in [0.1, 0.15) is 12.0 Å². The van der Waals surface area contributed by atoms with Gasteiger partial charge in [0.15, 0.2) is 0 Å². The first-order valence-corrected chi connectivity index (χ1v) is 10.7. The van der Waals surface area contributed by atoms with Crippen LogP contribution in [0.25, 0.3) is 16.5 Å². The van der Waals surface area contributed by atoms with Gasteiger partial charge in [0.25, 0.3) is 10.0 Å². The molecule has 2 heterocycles. The fourth-order valence-corrected chi connectivity index (χ4v) is 5.08. The van der Waals surface area contributed by atoms with E-state index < -0.39 is 10.0 Å². The van der Waals surface area contributed by atoms with Crippen LogP contribution in [-0.2, 0) is 10.0 Å². The molecule has 26 heavy (non-hydrogen) atoms. The second kappa shape index (κ2) is 6.68. The molecule has 6 heteroatoms. The summed E-state index contributed by atoms with van der Waals surface area (Å²) >= 11 is 3.47. The normalized spacial score (nSPS) is 16.0. The third-order valence-electron chi connectivity index (χ3n) is 4.79. The summed E-state index contributed by atoms with van der Waals surface area (Å²) < 4.78 is 28.7. The van der Waals surface area contributed by atoms with Gasteiger partial charge in [-0.15, -0.1) is 0 Å². The van der Waals surface area contributed by atoms with E-state index in [2.05, 4.69) is 34.0 Å². The molecule has 1 aliphatic heterocycles. The minimum atomic E-state index is -3.65. The molecular formula is C20H19BrN2O2S. The lowest BCUT2D eigenvalue weighted by molar-refractivity contribution is 0.370. The standard InChI is InChI=1S/C20H19BrN2O2S/c1-22-11-9-15(10-12-22)19-14-23(20-13-16(21)7-8-18(19)20)26(24,25)17-5-3-2-4-6-17/h2-9,13-14H,10-12H2,1H3. The minimum absolute atomic E-state index is 0.292. The maximum Gasteiger partial charge on any atom is 0.268 e. The quantitative estimate of drug-likeness (QED) is 0.619. The third kappa shape index (κ3) is 3.02. The van der Waals surface area contributed by atoms with Crippen molar-refractivity contribution in [3.63, 3.8) is 0 Å². The van der Waals surface area contributed by atoms with Crippen molar-refractivity contribution in [1.29, 1.82) is 0 Å². The Balaban J connectivity index is 1.95. The van der Waals surface area contributed by atoms with Gasteiger partial charge in [-0.25, -0.2) is 12.4 Å². The molecule has 0 saturated carbocycles. The Hall–Kier alpha value is -1.89. The van der Waals surface area contributed by atoms with Gasteiger partial charge in [0.2, 0.25) is 0 Å². The van der Waals surface area contributed by atoms with Crippen LogP contribution in [0.2, 0.25) is 0 Å². The molecule has 0 unspecified atom stereocenters. The topological polar surface area (TPSA) is 42.3 Å². The van der Waals surface area contributed by atoms with Gasteiger partial charge in [-0.1, -0.05) is 46.3 Å². The Labute approximate surface area is 161 Å². The molecule has 0 fully saturated rings. The predicted molar refractivity (Wildman–Crippen MR) is 109 cm³/mol. The zero-order valence-electron chi connectivity index (χ0n) is 14.4. The second-order valence-electron chi connectivity index (χ2n) is 6.56. The van der Waals surface area contributed by atoms with Crippen molar-refractivity contribution in [1.82, 2.24) is 8.87 Å². The minimum Gasteiger partial charge on any atom is -0.302 e. The summed E-state index contributed by atoms with van der Waals surface area (Å²) in [5, 5.41) is 0.962. The molecule has 0 spiro atoms. The van der Waals surface area contributed by atoms with Crippen molar-refractivity contribution < 1.29 is 8.42 Å². The van der Waals surface area contributed by atoms with E-state index in [1.54, 1.807) is 30.5 Å². The van der Waals surface area contributed by atoms with Gasteiger partial charge >= 0.3 is 0 Å². The molecule has 0 amide bonds. The Morgan fingerprint density at radius 2 is 1.85 bits per heavy atom. The van der Waals surface area contributed by atoms with Gasteiger partial charge in [0.1, 0.15) is 0 Å². The SMILES string of the molecule is CN1CC=C(c2cn(S(=O)(=O)c3ccccc3)c3cc(Br)ccc23)CC1. The van der Waals surface area contributed by atoms with Gasteiger partial charge in [-0.3, -0.25) is 0 Å². The van der Waals surface area contributed by atoms with E-state index >= 15 is 0 Å². The number of benzene rings is 2.